The van der Waals surface area contributed by atoms with E-state index in [-0.39, 0.29) is 12.1 Å². The Hall–Kier alpha value is -2.23. The molecule has 1 atom stereocenters. The van der Waals surface area contributed by atoms with Crippen molar-refractivity contribution in [1.29, 1.82) is 0 Å². The number of ether oxygens (including phenoxy) is 1. The Balaban J connectivity index is 2.04. The van der Waals surface area contributed by atoms with Crippen molar-refractivity contribution in [3.05, 3.63) is 60.2 Å². The molecular formula is C18H19BNO2. The molecule has 0 aliphatic carbocycles. The zero-order valence-corrected chi connectivity index (χ0v) is 13.1. The van der Waals surface area contributed by atoms with Gasteiger partial charge in [0.05, 0.1) is 0 Å². The molecule has 3 nitrogen and oxygen atoms in total. The zero-order chi connectivity index (χ0) is 15.7. The minimum Gasteiger partial charge on any atom is -0.441 e. The number of carbonyl (C=O) groups excluding carboxylic acids is 1. The van der Waals surface area contributed by atoms with Gasteiger partial charge in [0.2, 0.25) is 0 Å². The van der Waals surface area contributed by atoms with Crippen molar-refractivity contribution in [3.63, 3.8) is 0 Å². The third-order valence-corrected chi connectivity index (χ3v) is 4.08. The van der Waals surface area contributed by atoms with Crippen molar-refractivity contribution in [2.24, 2.45) is 0 Å². The molecule has 0 spiro atoms. The summed E-state index contributed by atoms with van der Waals surface area (Å²) >= 11 is 0. The number of benzene rings is 2. The summed E-state index contributed by atoms with van der Waals surface area (Å²) in [5, 5.41) is 0. The lowest BCUT2D eigenvalue weighted by atomic mass is 9.73. The monoisotopic (exact) mass is 292 g/mol. The molecule has 0 aromatic heterocycles. The summed E-state index contributed by atoms with van der Waals surface area (Å²) in [5.41, 5.74) is 2.49. The Morgan fingerprint density at radius 2 is 1.68 bits per heavy atom. The minimum absolute atomic E-state index is 0.141. The molecule has 2 aromatic rings. The molecule has 1 heterocycles. The largest absolute Gasteiger partial charge is 0.441 e. The zero-order valence-electron chi connectivity index (χ0n) is 13.1. The summed E-state index contributed by atoms with van der Waals surface area (Å²) in [6, 6.07) is 17.8. The highest BCUT2D eigenvalue weighted by Crippen LogP contribution is 2.43. The molecule has 1 fully saturated rings. The van der Waals surface area contributed by atoms with Crippen molar-refractivity contribution in [2.45, 2.75) is 32.3 Å². The van der Waals surface area contributed by atoms with Gasteiger partial charge in [-0.2, -0.15) is 0 Å². The van der Waals surface area contributed by atoms with Gasteiger partial charge in [0.1, 0.15) is 18.9 Å². The van der Waals surface area contributed by atoms with Gasteiger partial charge in [0.15, 0.2) is 0 Å². The lowest BCUT2D eigenvalue weighted by molar-refractivity contribution is 0.0685. The molecule has 1 amide bonds. The quantitative estimate of drug-likeness (QED) is 0.810. The molecule has 0 saturated carbocycles. The predicted octanol–water partition coefficient (Wildman–Crippen LogP) is 3.54. The van der Waals surface area contributed by atoms with E-state index < -0.39 is 5.60 Å². The molecule has 111 valence electrons. The normalized spacial score (nSPS) is 19.9. The first-order valence-electron chi connectivity index (χ1n) is 7.49. The van der Waals surface area contributed by atoms with Crippen molar-refractivity contribution >= 4 is 24.5 Å². The fourth-order valence-electron chi connectivity index (χ4n) is 3.01. The molecule has 1 aliphatic rings. The molecule has 1 radical (unpaired) electrons. The maximum atomic E-state index is 12.4. The molecule has 1 aliphatic heterocycles. The van der Waals surface area contributed by atoms with Crippen LogP contribution in [0.25, 0.3) is 0 Å². The average Bonchev–Trinajstić information content (AvgIpc) is 2.77. The smallest absolute Gasteiger partial charge is 0.415 e. The van der Waals surface area contributed by atoms with Gasteiger partial charge >= 0.3 is 6.09 Å². The number of rotatable bonds is 3. The van der Waals surface area contributed by atoms with Crippen LogP contribution in [0, 0.1) is 0 Å². The first kappa shape index (κ1) is 14.7. The number of nitrogens with zero attached hydrogens (tertiary/aromatic N) is 1. The van der Waals surface area contributed by atoms with E-state index in [0.29, 0.717) is 0 Å². The molecule has 0 unspecified atom stereocenters. The summed E-state index contributed by atoms with van der Waals surface area (Å²) in [5.74, 6) is 0. The van der Waals surface area contributed by atoms with Crippen LogP contribution in [0.5, 0.6) is 0 Å². The van der Waals surface area contributed by atoms with Crippen LogP contribution < -0.4 is 10.4 Å². The maximum Gasteiger partial charge on any atom is 0.415 e. The Morgan fingerprint density at radius 3 is 2.27 bits per heavy atom. The highest BCUT2D eigenvalue weighted by atomic mass is 16.6. The van der Waals surface area contributed by atoms with Gasteiger partial charge in [0, 0.05) is 5.69 Å². The number of amides is 1. The summed E-state index contributed by atoms with van der Waals surface area (Å²) < 4.78 is 5.62. The lowest BCUT2D eigenvalue weighted by Crippen LogP contribution is -2.34. The fraction of sp³-hybridized carbons (Fsp3) is 0.278. The first-order valence-corrected chi connectivity index (χ1v) is 7.49. The summed E-state index contributed by atoms with van der Waals surface area (Å²) in [6.45, 7) is 5.91. The van der Waals surface area contributed by atoms with Gasteiger partial charge in [0.25, 0.3) is 0 Å². The second-order valence-corrected chi connectivity index (χ2v) is 6.03. The van der Waals surface area contributed by atoms with E-state index in [2.05, 4.69) is 0 Å². The van der Waals surface area contributed by atoms with E-state index >= 15 is 0 Å². The van der Waals surface area contributed by atoms with Crippen LogP contribution >= 0.6 is 0 Å². The van der Waals surface area contributed by atoms with E-state index in [0.717, 1.165) is 16.7 Å². The summed E-state index contributed by atoms with van der Waals surface area (Å²) in [7, 11) is 2.03. The second-order valence-electron chi connectivity index (χ2n) is 6.03. The van der Waals surface area contributed by atoms with E-state index in [1.165, 1.54) is 0 Å². The third kappa shape index (κ3) is 2.49. The van der Waals surface area contributed by atoms with Crippen LogP contribution in [0.1, 0.15) is 25.5 Å². The number of cyclic esters (lactones) is 1. The second kappa shape index (κ2) is 5.52. The molecule has 0 bridgehead atoms. The Labute approximate surface area is 132 Å². The van der Waals surface area contributed by atoms with Crippen LogP contribution in [-0.2, 0) is 4.74 Å². The van der Waals surface area contributed by atoms with Crippen molar-refractivity contribution in [3.8, 4) is 0 Å². The van der Waals surface area contributed by atoms with Crippen LogP contribution in [0.4, 0.5) is 10.5 Å². The molecule has 4 heteroatoms. The van der Waals surface area contributed by atoms with Crippen molar-refractivity contribution in [1.82, 2.24) is 0 Å². The van der Waals surface area contributed by atoms with Crippen LogP contribution in [0.15, 0.2) is 54.6 Å². The van der Waals surface area contributed by atoms with Crippen LogP contribution in [0.2, 0.25) is 6.82 Å². The number of hydrogen-bond acceptors (Lipinski definition) is 2. The number of carbonyl (C=O) groups is 1. The van der Waals surface area contributed by atoms with E-state index in [1.807, 2.05) is 82.5 Å². The summed E-state index contributed by atoms with van der Waals surface area (Å²) in [6.07, 6.45) is -0.299. The third-order valence-electron chi connectivity index (χ3n) is 4.08. The molecule has 1 saturated heterocycles. The predicted molar refractivity (Wildman–Crippen MR) is 89.9 cm³/mol. The van der Waals surface area contributed by atoms with Crippen LogP contribution in [0.3, 0.4) is 0 Å². The number of anilines is 1. The Kier molecular flexibility index (Phi) is 3.69. The van der Waals surface area contributed by atoms with Gasteiger partial charge in [-0.3, -0.25) is 4.90 Å². The Morgan fingerprint density at radius 1 is 1.05 bits per heavy atom. The standard InChI is InChI=1S/C18H19BNO2/c1-18(2)16(13-7-5-4-6-8-13)20(17(21)22-18)15-11-9-14(19-3)10-12-15/h4-12,16H,1-3H3/t16-/m0/s1. The SMILES string of the molecule is C[B]c1ccc(N2C(=O)OC(C)(C)[C@@H]2c2ccccc2)cc1. The van der Waals surface area contributed by atoms with Crippen LogP contribution in [-0.4, -0.2) is 19.0 Å². The van der Waals surface area contributed by atoms with E-state index in [9.17, 15) is 4.79 Å². The molecule has 3 rings (SSSR count). The first-order chi connectivity index (χ1) is 10.5. The molecular weight excluding hydrogens is 273 g/mol. The van der Waals surface area contributed by atoms with Gasteiger partial charge in [-0.25, -0.2) is 4.79 Å². The number of hydrogen-bond donors (Lipinski definition) is 0. The maximum absolute atomic E-state index is 12.4. The highest BCUT2D eigenvalue weighted by Gasteiger charge is 2.49. The van der Waals surface area contributed by atoms with Gasteiger partial charge in [-0.1, -0.05) is 54.8 Å². The molecule has 2 aromatic carbocycles. The van der Waals surface area contributed by atoms with Crippen molar-refractivity contribution < 1.29 is 9.53 Å². The lowest BCUT2D eigenvalue weighted by Gasteiger charge is -2.29. The fourth-order valence-corrected chi connectivity index (χ4v) is 3.01. The van der Waals surface area contributed by atoms with Gasteiger partial charge in [-0.05, 0) is 31.5 Å². The Bertz CT molecular complexity index is 667. The minimum atomic E-state index is -0.575. The van der Waals surface area contributed by atoms with Gasteiger partial charge < -0.3 is 4.74 Å². The highest BCUT2D eigenvalue weighted by molar-refractivity contribution is 6.51. The average molecular weight is 292 g/mol. The molecule has 0 N–H and O–H groups in total. The molecule has 22 heavy (non-hydrogen) atoms. The summed E-state index contributed by atoms with van der Waals surface area (Å²) in [4.78, 5) is 14.2. The van der Waals surface area contributed by atoms with E-state index in [1.54, 1.807) is 4.90 Å². The van der Waals surface area contributed by atoms with E-state index in [4.69, 9.17) is 4.74 Å². The van der Waals surface area contributed by atoms with Crippen molar-refractivity contribution in [2.75, 3.05) is 4.90 Å². The van der Waals surface area contributed by atoms with Gasteiger partial charge in [-0.15, -0.1) is 0 Å². The topological polar surface area (TPSA) is 29.5 Å².